The van der Waals surface area contributed by atoms with Gasteiger partial charge in [-0.1, -0.05) is 12.1 Å². The van der Waals surface area contributed by atoms with E-state index in [4.69, 9.17) is 0 Å². The summed E-state index contributed by atoms with van der Waals surface area (Å²) in [4.78, 5) is 23.9. The zero-order valence-corrected chi connectivity index (χ0v) is 16.1. The van der Waals surface area contributed by atoms with E-state index in [2.05, 4.69) is 39.9 Å². The minimum absolute atomic E-state index is 0.0958. The van der Waals surface area contributed by atoms with E-state index in [1.807, 2.05) is 12.1 Å². The fourth-order valence-electron chi connectivity index (χ4n) is 2.88. The van der Waals surface area contributed by atoms with Crippen LogP contribution in [0.15, 0.2) is 72.1 Å². The maximum absolute atomic E-state index is 12.7. The molecule has 30 heavy (non-hydrogen) atoms. The van der Waals surface area contributed by atoms with Crippen LogP contribution in [-0.4, -0.2) is 38.3 Å². The third-order valence-corrected chi connectivity index (χ3v) is 5.65. The Bertz CT molecular complexity index is 1430. The smallest absolute Gasteiger partial charge is 0.263 e. The van der Waals surface area contributed by atoms with Crippen molar-refractivity contribution in [2.75, 3.05) is 10.0 Å². The lowest BCUT2D eigenvalue weighted by molar-refractivity contribution is 0.601. The summed E-state index contributed by atoms with van der Waals surface area (Å²) in [7, 11) is -3.81. The number of benzene rings is 2. The molecule has 0 radical (unpaired) electrons. The summed E-state index contributed by atoms with van der Waals surface area (Å²) in [5.41, 5.74) is 3.18. The quantitative estimate of drug-likeness (QED) is 0.396. The maximum atomic E-state index is 12.7. The molecule has 0 unspecified atom stereocenters. The largest absolute Gasteiger partial charge is 0.326 e. The number of fused-ring (bicyclic) bond motifs is 2. The maximum Gasteiger partial charge on any atom is 0.263 e. The molecule has 148 valence electrons. The Balaban J connectivity index is 1.35. The average Bonchev–Trinajstić information content (AvgIpc) is 3.16. The Labute approximate surface area is 170 Å². The standard InChI is InChI=1S/C19H14N8O2S/c28-30(29,27-17-10-21-14-3-1-2-4-15(14)24-17)13-7-5-12(6-8-13)23-19-25-16-9-20-11-22-18(16)26-19/h1-11H,(H,24,27)(H2,20,22,23,25,26). The monoisotopic (exact) mass is 418 g/mol. The lowest BCUT2D eigenvalue weighted by Crippen LogP contribution is -2.14. The van der Waals surface area contributed by atoms with Gasteiger partial charge in [-0.15, -0.1) is 0 Å². The average molecular weight is 418 g/mol. The number of aromatic amines is 1. The minimum atomic E-state index is -3.81. The number of hydrogen-bond donors (Lipinski definition) is 3. The van der Waals surface area contributed by atoms with Crippen molar-refractivity contribution in [1.29, 1.82) is 0 Å². The molecule has 0 spiro atoms. The summed E-state index contributed by atoms with van der Waals surface area (Å²) in [5, 5.41) is 3.07. The van der Waals surface area contributed by atoms with E-state index in [0.717, 1.165) is 0 Å². The number of nitrogens with zero attached hydrogens (tertiary/aromatic N) is 5. The van der Waals surface area contributed by atoms with Crippen LogP contribution in [0.4, 0.5) is 17.5 Å². The number of hydrogen-bond acceptors (Lipinski definition) is 8. The van der Waals surface area contributed by atoms with Gasteiger partial charge in [0.25, 0.3) is 10.0 Å². The summed E-state index contributed by atoms with van der Waals surface area (Å²) < 4.78 is 27.8. The normalized spacial score (nSPS) is 11.6. The highest BCUT2D eigenvalue weighted by Crippen LogP contribution is 2.21. The molecule has 0 saturated heterocycles. The van der Waals surface area contributed by atoms with Gasteiger partial charge in [0.1, 0.15) is 11.8 Å². The van der Waals surface area contributed by atoms with Gasteiger partial charge >= 0.3 is 0 Å². The van der Waals surface area contributed by atoms with Gasteiger partial charge in [0.05, 0.1) is 28.3 Å². The number of imidazole rings is 1. The van der Waals surface area contributed by atoms with Crippen LogP contribution >= 0.6 is 0 Å². The van der Waals surface area contributed by atoms with Crippen molar-refractivity contribution in [3.05, 3.63) is 67.3 Å². The molecule has 0 saturated carbocycles. The van der Waals surface area contributed by atoms with E-state index < -0.39 is 10.0 Å². The van der Waals surface area contributed by atoms with Gasteiger partial charge in [-0.25, -0.2) is 23.4 Å². The van der Waals surface area contributed by atoms with Gasteiger partial charge < -0.3 is 10.3 Å². The van der Waals surface area contributed by atoms with E-state index in [1.165, 1.54) is 24.7 Å². The van der Waals surface area contributed by atoms with Gasteiger partial charge in [0.2, 0.25) is 5.95 Å². The third kappa shape index (κ3) is 3.49. The predicted molar refractivity (Wildman–Crippen MR) is 112 cm³/mol. The second-order valence-electron chi connectivity index (χ2n) is 6.34. The molecule has 3 N–H and O–H groups in total. The molecule has 2 aromatic carbocycles. The molecular formula is C19H14N8O2S. The lowest BCUT2D eigenvalue weighted by atomic mass is 10.3. The second kappa shape index (κ2) is 7.04. The van der Waals surface area contributed by atoms with Crippen molar-refractivity contribution in [3.63, 3.8) is 0 Å². The van der Waals surface area contributed by atoms with Gasteiger partial charge in [-0.05, 0) is 36.4 Å². The molecular weight excluding hydrogens is 404 g/mol. The number of anilines is 3. The van der Waals surface area contributed by atoms with Crippen molar-refractivity contribution in [2.24, 2.45) is 0 Å². The summed E-state index contributed by atoms with van der Waals surface area (Å²) >= 11 is 0. The first kappa shape index (κ1) is 17.9. The Morgan fingerprint density at radius 2 is 1.67 bits per heavy atom. The molecule has 3 aromatic heterocycles. The molecule has 0 fully saturated rings. The van der Waals surface area contributed by atoms with Crippen molar-refractivity contribution in [2.45, 2.75) is 4.90 Å². The Morgan fingerprint density at radius 3 is 2.47 bits per heavy atom. The number of para-hydroxylation sites is 2. The Hall–Kier alpha value is -4.12. The van der Waals surface area contributed by atoms with Crippen molar-refractivity contribution in [3.8, 4) is 0 Å². The first-order valence-corrected chi connectivity index (χ1v) is 10.3. The van der Waals surface area contributed by atoms with Gasteiger partial charge in [-0.3, -0.25) is 9.71 Å². The van der Waals surface area contributed by atoms with Crippen molar-refractivity contribution in [1.82, 2.24) is 29.9 Å². The first-order chi connectivity index (χ1) is 14.6. The molecule has 5 rings (SSSR count). The fraction of sp³-hybridized carbons (Fsp3) is 0. The molecule has 0 bridgehead atoms. The van der Waals surface area contributed by atoms with Crippen LogP contribution < -0.4 is 10.0 Å². The summed E-state index contributed by atoms with van der Waals surface area (Å²) in [6.07, 6.45) is 4.43. The number of nitrogens with one attached hydrogen (secondary N) is 3. The van der Waals surface area contributed by atoms with Crippen LogP contribution in [0.5, 0.6) is 0 Å². The molecule has 0 atom stereocenters. The summed E-state index contributed by atoms with van der Waals surface area (Å²) in [5.74, 6) is 0.630. The third-order valence-electron chi connectivity index (χ3n) is 4.28. The molecule has 0 aliphatic carbocycles. The van der Waals surface area contributed by atoms with Gasteiger partial charge in [0.15, 0.2) is 11.5 Å². The van der Waals surface area contributed by atoms with Gasteiger partial charge in [-0.2, -0.15) is 4.98 Å². The summed E-state index contributed by atoms with van der Waals surface area (Å²) in [6.45, 7) is 0. The molecule has 10 nitrogen and oxygen atoms in total. The molecule has 0 aliphatic rings. The number of sulfonamides is 1. The van der Waals surface area contributed by atoms with Gasteiger partial charge in [0, 0.05) is 5.69 Å². The molecule has 0 amide bonds. The highest BCUT2D eigenvalue weighted by molar-refractivity contribution is 7.92. The molecule has 5 aromatic rings. The van der Waals surface area contributed by atoms with Crippen molar-refractivity contribution >= 4 is 49.7 Å². The van der Waals surface area contributed by atoms with E-state index in [0.29, 0.717) is 33.8 Å². The minimum Gasteiger partial charge on any atom is -0.326 e. The topological polar surface area (TPSA) is 138 Å². The highest BCUT2D eigenvalue weighted by Gasteiger charge is 2.15. The van der Waals surface area contributed by atoms with E-state index >= 15 is 0 Å². The molecule has 3 heterocycles. The SMILES string of the molecule is O=S(=O)(Nc1cnc2ccccc2n1)c1ccc(Nc2nc3ncncc3[nH]2)cc1. The number of aromatic nitrogens is 6. The zero-order valence-electron chi connectivity index (χ0n) is 15.3. The zero-order chi connectivity index (χ0) is 20.6. The van der Waals surface area contributed by atoms with E-state index in [1.54, 1.807) is 30.5 Å². The van der Waals surface area contributed by atoms with Crippen molar-refractivity contribution < 1.29 is 8.42 Å². The summed E-state index contributed by atoms with van der Waals surface area (Å²) in [6, 6.07) is 13.5. The van der Waals surface area contributed by atoms with Crippen LogP contribution in [0.3, 0.4) is 0 Å². The number of rotatable bonds is 5. The Kier molecular flexibility index (Phi) is 4.21. The van der Waals surface area contributed by atoms with E-state index in [9.17, 15) is 8.42 Å². The number of H-pyrrole nitrogens is 1. The van der Waals surface area contributed by atoms with Crippen LogP contribution in [0.2, 0.25) is 0 Å². The highest BCUT2D eigenvalue weighted by atomic mass is 32.2. The Morgan fingerprint density at radius 1 is 0.867 bits per heavy atom. The second-order valence-corrected chi connectivity index (χ2v) is 8.03. The van der Waals surface area contributed by atoms with E-state index in [-0.39, 0.29) is 10.7 Å². The van der Waals surface area contributed by atoms with Crippen LogP contribution in [-0.2, 0) is 10.0 Å². The van der Waals surface area contributed by atoms with Crippen LogP contribution in [0.1, 0.15) is 0 Å². The van der Waals surface area contributed by atoms with Crippen LogP contribution in [0, 0.1) is 0 Å². The fourth-order valence-corrected chi connectivity index (χ4v) is 3.86. The predicted octanol–water partition coefficient (Wildman–Crippen LogP) is 2.84. The lowest BCUT2D eigenvalue weighted by Gasteiger charge is -2.09. The van der Waals surface area contributed by atoms with Crippen LogP contribution in [0.25, 0.3) is 22.2 Å². The first-order valence-electron chi connectivity index (χ1n) is 8.84. The molecule has 0 aliphatic heterocycles. The molecule has 11 heteroatoms.